The van der Waals surface area contributed by atoms with E-state index in [1.165, 1.54) is 11.1 Å². The minimum atomic E-state index is -0.0672. The van der Waals surface area contributed by atoms with Crippen molar-refractivity contribution < 1.29 is 14.6 Å². The van der Waals surface area contributed by atoms with Crippen molar-refractivity contribution in [1.82, 2.24) is 19.7 Å². The molecule has 7 heteroatoms. The number of aliphatic hydroxyl groups excluding tert-OH is 1. The topological polar surface area (TPSA) is 72.6 Å². The number of nitrogens with zero attached hydrogens (tertiary/aromatic N) is 4. The van der Waals surface area contributed by atoms with Gasteiger partial charge in [-0.3, -0.25) is 4.90 Å². The first-order valence-corrected chi connectivity index (χ1v) is 8.20. The third kappa shape index (κ3) is 3.22. The minimum absolute atomic E-state index is 0.0672. The van der Waals surface area contributed by atoms with E-state index in [1.54, 1.807) is 7.11 Å². The van der Waals surface area contributed by atoms with Crippen molar-refractivity contribution in [3.63, 3.8) is 0 Å². The number of hydrogen-bond acceptors (Lipinski definition) is 6. The van der Waals surface area contributed by atoms with Crippen molar-refractivity contribution in [1.29, 1.82) is 0 Å². The van der Waals surface area contributed by atoms with Crippen LogP contribution in [0.5, 0.6) is 11.5 Å². The Morgan fingerprint density at radius 1 is 1.21 bits per heavy atom. The lowest BCUT2D eigenvalue weighted by Gasteiger charge is -2.28. The van der Waals surface area contributed by atoms with Crippen LogP contribution in [0.4, 0.5) is 0 Å². The normalized spacial score (nSPS) is 14.5. The van der Waals surface area contributed by atoms with Crippen LogP contribution in [-0.2, 0) is 26.2 Å². The summed E-state index contributed by atoms with van der Waals surface area (Å²) >= 11 is 0. The van der Waals surface area contributed by atoms with Crippen LogP contribution in [0, 0.1) is 6.92 Å². The second-order valence-electron chi connectivity index (χ2n) is 5.92. The van der Waals surface area contributed by atoms with E-state index in [4.69, 9.17) is 9.47 Å². The Kier molecular flexibility index (Phi) is 5.01. The zero-order valence-corrected chi connectivity index (χ0v) is 14.4. The van der Waals surface area contributed by atoms with Crippen molar-refractivity contribution in [2.75, 3.05) is 20.3 Å². The fourth-order valence-corrected chi connectivity index (χ4v) is 3.06. The predicted octanol–water partition coefficient (Wildman–Crippen LogP) is 1.50. The molecule has 0 saturated carbocycles. The average Bonchev–Trinajstić information content (AvgIpc) is 3.00. The molecule has 1 aromatic heterocycles. The van der Waals surface area contributed by atoms with Crippen LogP contribution in [0.3, 0.4) is 0 Å². The van der Waals surface area contributed by atoms with E-state index in [0.29, 0.717) is 12.4 Å². The molecule has 0 fully saturated rings. The zero-order chi connectivity index (χ0) is 17.1. The van der Waals surface area contributed by atoms with Gasteiger partial charge in [0.1, 0.15) is 12.4 Å². The zero-order valence-electron chi connectivity index (χ0n) is 14.4. The number of methoxy groups -OCH3 is 1. The summed E-state index contributed by atoms with van der Waals surface area (Å²) < 4.78 is 13.1. The van der Waals surface area contributed by atoms with Crippen LogP contribution >= 0.6 is 0 Å². The largest absolute Gasteiger partial charge is 0.493 e. The molecule has 0 amide bonds. The minimum Gasteiger partial charge on any atom is -0.493 e. The highest BCUT2D eigenvalue weighted by Gasteiger charge is 2.21. The molecule has 7 nitrogen and oxygen atoms in total. The van der Waals surface area contributed by atoms with Crippen LogP contribution in [0.25, 0.3) is 0 Å². The Morgan fingerprint density at radius 2 is 2.04 bits per heavy atom. The van der Waals surface area contributed by atoms with E-state index in [9.17, 15) is 5.11 Å². The van der Waals surface area contributed by atoms with E-state index in [2.05, 4.69) is 28.1 Å². The summed E-state index contributed by atoms with van der Waals surface area (Å²) in [5.41, 5.74) is 2.40. The number of aliphatic hydroxyl groups is 1. The van der Waals surface area contributed by atoms with Gasteiger partial charge in [0.2, 0.25) is 0 Å². The van der Waals surface area contributed by atoms with Gasteiger partial charge in [-0.15, -0.1) is 10.2 Å². The highest BCUT2D eigenvalue weighted by atomic mass is 16.5. The monoisotopic (exact) mass is 332 g/mol. The summed E-state index contributed by atoms with van der Waals surface area (Å²) in [6.07, 6.45) is 0. The molecule has 24 heavy (non-hydrogen) atoms. The molecule has 0 unspecified atom stereocenters. The fourth-order valence-electron chi connectivity index (χ4n) is 3.06. The molecular weight excluding hydrogens is 308 g/mol. The molecule has 1 aliphatic rings. The van der Waals surface area contributed by atoms with Crippen LogP contribution in [0.15, 0.2) is 12.1 Å². The van der Waals surface area contributed by atoms with Crippen molar-refractivity contribution in [2.45, 2.75) is 40.1 Å². The summed E-state index contributed by atoms with van der Waals surface area (Å²) in [5, 5.41) is 17.5. The SMILES string of the molecule is CCOc1cc(CN2CCn3c(CO)nnc3C2)c(C)cc1OC. The first kappa shape index (κ1) is 16.7. The van der Waals surface area contributed by atoms with Gasteiger partial charge in [-0.05, 0) is 37.1 Å². The van der Waals surface area contributed by atoms with Gasteiger partial charge in [0.05, 0.1) is 20.3 Å². The Bertz CT molecular complexity index is 714. The summed E-state index contributed by atoms with van der Waals surface area (Å²) in [6.45, 7) is 7.83. The van der Waals surface area contributed by atoms with Crippen molar-refractivity contribution in [3.05, 3.63) is 34.9 Å². The van der Waals surface area contributed by atoms with Gasteiger partial charge in [0.25, 0.3) is 0 Å². The van der Waals surface area contributed by atoms with E-state index in [-0.39, 0.29) is 6.61 Å². The lowest BCUT2D eigenvalue weighted by Crippen LogP contribution is -2.34. The number of benzene rings is 1. The molecule has 0 spiro atoms. The first-order valence-electron chi connectivity index (χ1n) is 8.20. The van der Waals surface area contributed by atoms with E-state index < -0.39 is 0 Å². The quantitative estimate of drug-likeness (QED) is 0.864. The van der Waals surface area contributed by atoms with Crippen molar-refractivity contribution in [3.8, 4) is 11.5 Å². The summed E-state index contributed by atoms with van der Waals surface area (Å²) in [4.78, 5) is 2.33. The summed E-state index contributed by atoms with van der Waals surface area (Å²) in [6, 6.07) is 4.09. The second kappa shape index (κ2) is 7.19. The van der Waals surface area contributed by atoms with Crippen LogP contribution in [0.2, 0.25) is 0 Å². The smallest absolute Gasteiger partial charge is 0.161 e. The summed E-state index contributed by atoms with van der Waals surface area (Å²) in [7, 11) is 1.66. The van der Waals surface area contributed by atoms with Gasteiger partial charge in [-0.25, -0.2) is 0 Å². The lowest BCUT2D eigenvalue weighted by atomic mass is 10.1. The van der Waals surface area contributed by atoms with Gasteiger partial charge in [0.15, 0.2) is 17.3 Å². The number of aromatic nitrogens is 3. The molecule has 2 aromatic rings. The maximum atomic E-state index is 9.29. The molecule has 1 aromatic carbocycles. The number of ether oxygens (including phenoxy) is 2. The Balaban J connectivity index is 1.78. The highest BCUT2D eigenvalue weighted by Crippen LogP contribution is 2.31. The third-order valence-corrected chi connectivity index (χ3v) is 4.37. The number of rotatable bonds is 6. The molecule has 130 valence electrons. The van der Waals surface area contributed by atoms with Crippen LogP contribution in [-0.4, -0.2) is 45.0 Å². The van der Waals surface area contributed by atoms with Gasteiger partial charge < -0.3 is 19.1 Å². The number of hydrogen-bond donors (Lipinski definition) is 1. The maximum Gasteiger partial charge on any atom is 0.161 e. The van der Waals surface area contributed by atoms with Crippen LogP contribution < -0.4 is 9.47 Å². The first-order chi connectivity index (χ1) is 11.7. The Labute approximate surface area is 141 Å². The molecule has 0 aliphatic carbocycles. The fraction of sp³-hybridized carbons (Fsp3) is 0.529. The van der Waals surface area contributed by atoms with Crippen molar-refractivity contribution in [2.24, 2.45) is 0 Å². The maximum absolute atomic E-state index is 9.29. The molecule has 1 aliphatic heterocycles. The van der Waals surface area contributed by atoms with Gasteiger partial charge in [0, 0.05) is 19.6 Å². The standard InChI is InChI=1S/C17H24N4O3/c1-4-24-15-8-13(12(2)7-14(15)23-3)9-20-5-6-21-16(10-20)18-19-17(21)11-22/h7-8,22H,4-6,9-11H2,1-3H3. The molecule has 0 radical (unpaired) electrons. The number of fused-ring (bicyclic) bond motifs is 1. The van der Waals surface area contributed by atoms with E-state index in [1.807, 2.05) is 17.6 Å². The lowest BCUT2D eigenvalue weighted by molar-refractivity contribution is 0.198. The van der Waals surface area contributed by atoms with Crippen molar-refractivity contribution >= 4 is 0 Å². The molecule has 1 N–H and O–H groups in total. The predicted molar refractivity (Wildman–Crippen MR) is 89.0 cm³/mol. The molecule has 0 saturated heterocycles. The molecule has 0 atom stereocenters. The molecule has 0 bridgehead atoms. The average molecular weight is 332 g/mol. The molecule has 3 rings (SSSR count). The summed E-state index contributed by atoms with van der Waals surface area (Å²) in [5.74, 6) is 3.10. The molecular formula is C17H24N4O3. The van der Waals surface area contributed by atoms with E-state index in [0.717, 1.165) is 43.5 Å². The Morgan fingerprint density at radius 3 is 2.75 bits per heavy atom. The van der Waals surface area contributed by atoms with Gasteiger partial charge in [-0.1, -0.05) is 0 Å². The highest BCUT2D eigenvalue weighted by molar-refractivity contribution is 5.47. The van der Waals surface area contributed by atoms with E-state index >= 15 is 0 Å². The number of aryl methyl sites for hydroxylation is 1. The second-order valence-corrected chi connectivity index (χ2v) is 5.92. The van der Waals surface area contributed by atoms with Crippen LogP contribution in [0.1, 0.15) is 29.7 Å². The van der Waals surface area contributed by atoms with Gasteiger partial charge >= 0.3 is 0 Å². The van der Waals surface area contributed by atoms with Gasteiger partial charge in [-0.2, -0.15) is 0 Å². The third-order valence-electron chi connectivity index (χ3n) is 4.37. The molecule has 2 heterocycles. The Hall–Kier alpha value is -2.12.